The molecule has 2 aliphatic heterocycles. The van der Waals surface area contributed by atoms with E-state index < -0.39 is 48.9 Å². The fraction of sp³-hybridized carbons (Fsp3) is 0.500. The van der Waals surface area contributed by atoms with E-state index in [0.29, 0.717) is 0 Å². The van der Waals surface area contributed by atoms with Crippen molar-refractivity contribution < 1.29 is 62.7 Å². The van der Waals surface area contributed by atoms with E-state index in [1.54, 1.807) is 0 Å². The summed E-state index contributed by atoms with van der Waals surface area (Å²) in [5.74, 6) is -5.44. The molecule has 122 valence electrons. The molecule has 16 heteroatoms. The summed E-state index contributed by atoms with van der Waals surface area (Å²) in [6, 6.07) is 0. The number of hydrogen-bond donors (Lipinski definition) is 1. The summed E-state index contributed by atoms with van der Waals surface area (Å²) >= 11 is 0. The van der Waals surface area contributed by atoms with Crippen molar-refractivity contribution >= 4 is 25.7 Å². The molecule has 2 saturated heterocycles. The minimum Gasteiger partial charge on any atom is -0.375 e. The first-order chi connectivity index (χ1) is 10.2. The van der Waals surface area contributed by atoms with Gasteiger partial charge in [-0.2, -0.15) is 0 Å². The number of rotatable bonds is 2. The topological polar surface area (TPSA) is 196 Å². The van der Waals surface area contributed by atoms with E-state index in [-0.39, 0.29) is 0 Å². The van der Waals surface area contributed by atoms with Crippen LogP contribution in [0.25, 0.3) is 0 Å². The van der Waals surface area contributed by atoms with Gasteiger partial charge >= 0.3 is 25.7 Å². The van der Waals surface area contributed by atoms with E-state index in [9.17, 15) is 34.2 Å². The molecular formula is C6H4NO14P. The Bertz CT molecular complexity index is 586. The Morgan fingerprint density at radius 2 is 1.82 bits per heavy atom. The third kappa shape index (κ3) is 2.97. The van der Waals surface area contributed by atoms with Crippen LogP contribution in [0.15, 0.2) is 0 Å². The van der Waals surface area contributed by atoms with Crippen molar-refractivity contribution in [3.8, 4) is 0 Å². The SMILES string of the molecule is O=C1CC2(O)C(=O)OOP(=O)(OO1)OOC(=O)C2O[N+](=O)[O-]. The molecule has 2 rings (SSSR count). The van der Waals surface area contributed by atoms with Crippen LogP contribution in [0.5, 0.6) is 0 Å². The largest absolute Gasteiger partial charge is 0.584 e. The Morgan fingerprint density at radius 3 is 2.45 bits per heavy atom. The summed E-state index contributed by atoms with van der Waals surface area (Å²) in [5, 5.41) is 18.9. The highest BCUT2D eigenvalue weighted by molar-refractivity contribution is 7.48. The van der Waals surface area contributed by atoms with Crippen molar-refractivity contribution in [2.24, 2.45) is 0 Å². The normalized spacial score (nSPS) is 35.7. The molecule has 0 amide bonds. The van der Waals surface area contributed by atoms with Crippen LogP contribution in [0.4, 0.5) is 0 Å². The van der Waals surface area contributed by atoms with E-state index in [4.69, 9.17) is 0 Å². The van der Waals surface area contributed by atoms with Crippen molar-refractivity contribution in [1.82, 2.24) is 0 Å². The first kappa shape index (κ1) is 16.1. The number of nitrogens with zero attached hydrogens (tertiary/aromatic N) is 1. The molecule has 3 unspecified atom stereocenters. The molecule has 0 aromatic rings. The van der Waals surface area contributed by atoms with Gasteiger partial charge in [0.25, 0.3) is 5.09 Å². The predicted octanol–water partition coefficient (Wildman–Crippen LogP) is -1.76. The smallest absolute Gasteiger partial charge is 0.375 e. The third-order valence-electron chi connectivity index (χ3n) is 2.24. The quantitative estimate of drug-likeness (QED) is 0.255. The van der Waals surface area contributed by atoms with Gasteiger partial charge in [-0.1, -0.05) is 14.0 Å². The molecule has 0 saturated carbocycles. The van der Waals surface area contributed by atoms with Crippen LogP contribution in [-0.4, -0.2) is 39.8 Å². The molecule has 0 aliphatic carbocycles. The van der Waals surface area contributed by atoms with Gasteiger partial charge in [-0.3, -0.25) is 19.5 Å². The van der Waals surface area contributed by atoms with Gasteiger partial charge in [-0.05, 0) is 0 Å². The molecule has 15 nitrogen and oxygen atoms in total. The molecule has 2 heterocycles. The first-order valence-electron chi connectivity index (χ1n) is 5.00. The zero-order valence-electron chi connectivity index (χ0n) is 9.93. The molecule has 3 atom stereocenters. The van der Waals surface area contributed by atoms with Gasteiger partial charge in [0.05, 0.1) is 6.42 Å². The molecule has 22 heavy (non-hydrogen) atoms. The standard InChI is InChI=1S/C6H4NO14P/c8-2-1-6(11)3(15-7(12)13)4(9)17-20-22(14,19-16-2)21-18-5(6)10/h3,11H,1H2. The molecule has 0 radical (unpaired) electrons. The average Bonchev–Trinajstić information content (AvgIpc) is 2.49. The van der Waals surface area contributed by atoms with Gasteiger partial charge in [-0.15, -0.1) is 10.1 Å². The molecule has 0 spiro atoms. The fourth-order valence-electron chi connectivity index (χ4n) is 1.33. The van der Waals surface area contributed by atoms with Crippen LogP contribution in [0.1, 0.15) is 6.42 Å². The highest BCUT2D eigenvalue weighted by Crippen LogP contribution is 2.52. The van der Waals surface area contributed by atoms with Crippen molar-refractivity contribution in [2.45, 2.75) is 18.1 Å². The van der Waals surface area contributed by atoms with Crippen LogP contribution in [0.3, 0.4) is 0 Å². The van der Waals surface area contributed by atoms with Gasteiger partial charge in [0.2, 0.25) is 11.7 Å². The molecule has 2 fully saturated rings. The second-order valence-electron chi connectivity index (χ2n) is 3.71. The second kappa shape index (κ2) is 5.47. The van der Waals surface area contributed by atoms with Crippen molar-refractivity contribution in [2.75, 3.05) is 0 Å². The van der Waals surface area contributed by atoms with Crippen molar-refractivity contribution in [1.29, 1.82) is 0 Å². The van der Waals surface area contributed by atoms with E-state index in [2.05, 4.69) is 33.5 Å². The summed E-state index contributed by atoms with van der Waals surface area (Å²) in [4.78, 5) is 60.3. The minimum absolute atomic E-state index is 1.43. The monoisotopic (exact) mass is 345 g/mol. The average molecular weight is 345 g/mol. The summed E-state index contributed by atoms with van der Waals surface area (Å²) in [7, 11) is -5.07. The Balaban J connectivity index is 2.53. The summed E-state index contributed by atoms with van der Waals surface area (Å²) in [5.41, 5.74) is -3.33. The molecule has 0 aromatic heterocycles. The summed E-state index contributed by atoms with van der Waals surface area (Å²) in [6.07, 6.45) is -4.17. The lowest BCUT2D eigenvalue weighted by Crippen LogP contribution is -2.57. The first-order valence-corrected chi connectivity index (χ1v) is 6.46. The molecule has 0 aromatic carbocycles. The highest BCUT2D eigenvalue weighted by Gasteiger charge is 2.59. The van der Waals surface area contributed by atoms with Crippen LogP contribution >= 0.6 is 7.82 Å². The van der Waals surface area contributed by atoms with E-state index in [0.717, 1.165) is 0 Å². The van der Waals surface area contributed by atoms with E-state index in [1.165, 1.54) is 0 Å². The highest BCUT2D eigenvalue weighted by atomic mass is 31.2. The lowest BCUT2D eigenvalue weighted by atomic mass is 9.92. The molecule has 2 bridgehead atoms. The maximum absolute atomic E-state index is 11.7. The molecular weight excluding hydrogens is 341 g/mol. The summed E-state index contributed by atoms with van der Waals surface area (Å²) in [6.45, 7) is 0. The predicted molar refractivity (Wildman–Crippen MR) is 50.6 cm³/mol. The minimum atomic E-state index is -5.07. The van der Waals surface area contributed by atoms with Crippen LogP contribution < -0.4 is 0 Å². The summed E-state index contributed by atoms with van der Waals surface area (Å²) < 4.78 is 23.2. The number of fused-ring (bicyclic) bond motifs is 4. The molecule has 2 aliphatic rings. The Hall–Kier alpha value is -2.32. The fourth-order valence-corrected chi connectivity index (χ4v) is 1.91. The number of carbonyl (C=O) groups excluding carboxylic acids is 3. The van der Waals surface area contributed by atoms with Crippen LogP contribution in [-0.2, 0) is 52.5 Å². The van der Waals surface area contributed by atoms with E-state index in [1.807, 2.05) is 0 Å². The van der Waals surface area contributed by atoms with Gasteiger partial charge in [0.15, 0.2) is 0 Å². The van der Waals surface area contributed by atoms with Crippen LogP contribution in [0, 0.1) is 10.1 Å². The lowest BCUT2D eigenvalue weighted by molar-refractivity contribution is -0.768. The van der Waals surface area contributed by atoms with Gasteiger partial charge < -0.3 is 5.11 Å². The zero-order valence-corrected chi connectivity index (χ0v) is 10.8. The number of phosphoric acid groups is 1. The zero-order chi connectivity index (χ0) is 16.5. The third-order valence-corrected chi connectivity index (χ3v) is 3.01. The number of carbonyl (C=O) groups is 3. The maximum atomic E-state index is 11.7. The maximum Gasteiger partial charge on any atom is 0.584 e. The number of hydrogen-bond acceptors (Lipinski definition) is 14. The second-order valence-corrected chi connectivity index (χ2v) is 5.05. The van der Waals surface area contributed by atoms with Crippen molar-refractivity contribution in [3.05, 3.63) is 10.1 Å². The van der Waals surface area contributed by atoms with Crippen molar-refractivity contribution in [3.63, 3.8) is 0 Å². The van der Waals surface area contributed by atoms with Gasteiger partial charge in [-0.25, -0.2) is 18.9 Å². The Kier molecular flexibility index (Phi) is 3.99. The van der Waals surface area contributed by atoms with E-state index >= 15 is 0 Å². The van der Waals surface area contributed by atoms with Crippen LogP contribution in [0.2, 0.25) is 0 Å². The number of aliphatic hydroxyl groups is 1. The molecule has 1 N–H and O–H groups in total. The Morgan fingerprint density at radius 1 is 1.23 bits per heavy atom. The Labute approximate surface area is 118 Å². The van der Waals surface area contributed by atoms with Gasteiger partial charge in [0, 0.05) is 0 Å². The van der Waals surface area contributed by atoms with Gasteiger partial charge in [0.1, 0.15) is 0 Å². The lowest BCUT2D eigenvalue weighted by Gasteiger charge is -2.26.